The molecule has 0 amide bonds. The maximum Gasteiger partial charge on any atom is 0.339 e. The molecule has 0 heterocycles. The second-order valence-electron chi connectivity index (χ2n) is 9.18. The van der Waals surface area contributed by atoms with Gasteiger partial charge in [0.15, 0.2) is 21.3 Å². The van der Waals surface area contributed by atoms with Crippen molar-refractivity contribution in [1.29, 1.82) is 0 Å². The van der Waals surface area contributed by atoms with Crippen LogP contribution in [-0.2, 0) is 35.8 Å². The summed E-state index contributed by atoms with van der Waals surface area (Å²) in [7, 11) is -12.0. The van der Waals surface area contributed by atoms with Crippen molar-refractivity contribution in [2.75, 3.05) is 0 Å². The molecule has 0 aliphatic carbocycles. The van der Waals surface area contributed by atoms with Crippen LogP contribution in [0.3, 0.4) is 0 Å². The number of hydrogen-bond acceptors (Lipinski definition) is 9. The minimum atomic E-state index is -4.18. The van der Waals surface area contributed by atoms with Crippen molar-refractivity contribution in [1.82, 2.24) is 0 Å². The van der Waals surface area contributed by atoms with Crippen LogP contribution in [0.1, 0.15) is 22.3 Å². The van der Waals surface area contributed by atoms with Crippen molar-refractivity contribution < 1.29 is 38.7 Å². The summed E-state index contributed by atoms with van der Waals surface area (Å²) in [5.74, 6) is -1.14. The first-order valence-corrected chi connectivity index (χ1v) is 16.6. The molecule has 0 aromatic heterocycles. The van der Waals surface area contributed by atoms with E-state index in [9.17, 15) is 30.4 Å². The van der Waals surface area contributed by atoms with Crippen molar-refractivity contribution in [3.05, 3.63) is 119 Å². The summed E-state index contributed by atoms with van der Waals surface area (Å²) in [6, 6.07) is 21.6. The highest BCUT2D eigenvalue weighted by Gasteiger charge is 2.19. The van der Waals surface area contributed by atoms with E-state index in [1.807, 2.05) is 13.8 Å². The highest BCUT2D eigenvalue weighted by molar-refractivity contribution is 7.93. The number of hydrogen-bond donors (Lipinski definition) is 1. The molecular formula is C29H26O9S3. The van der Waals surface area contributed by atoms with Gasteiger partial charge in [-0.05, 0) is 79.6 Å². The minimum absolute atomic E-state index is 0.00147. The maximum atomic E-state index is 12.6. The first-order valence-electron chi connectivity index (χ1n) is 12.1. The molecule has 0 saturated heterocycles. The number of sulfone groups is 1. The van der Waals surface area contributed by atoms with Crippen molar-refractivity contribution in [2.24, 2.45) is 0 Å². The van der Waals surface area contributed by atoms with Gasteiger partial charge in [-0.15, -0.1) is 0 Å². The van der Waals surface area contributed by atoms with E-state index < -0.39 is 35.8 Å². The largest absolute Gasteiger partial charge is 0.504 e. The van der Waals surface area contributed by atoms with Gasteiger partial charge in [-0.3, -0.25) is 0 Å². The van der Waals surface area contributed by atoms with Crippen LogP contribution in [0.5, 0.6) is 17.2 Å². The van der Waals surface area contributed by atoms with Gasteiger partial charge in [0.05, 0.1) is 5.75 Å². The predicted octanol–water partition coefficient (Wildman–Crippen LogP) is 5.13. The van der Waals surface area contributed by atoms with Crippen LogP contribution < -0.4 is 8.37 Å². The Labute approximate surface area is 239 Å². The fourth-order valence-corrected chi connectivity index (χ4v) is 6.55. The third-order valence-corrected chi connectivity index (χ3v) is 9.56. The fraction of sp³-hybridized carbons (Fsp3) is 0.103. The second kappa shape index (κ2) is 11.8. The molecule has 0 aliphatic heterocycles. The molecule has 12 heteroatoms. The molecule has 0 unspecified atom stereocenters. The number of phenolic OH excluding ortho intramolecular Hbond substituents is 1. The molecule has 9 nitrogen and oxygen atoms in total. The lowest BCUT2D eigenvalue weighted by Crippen LogP contribution is -2.09. The molecule has 41 heavy (non-hydrogen) atoms. The zero-order valence-corrected chi connectivity index (χ0v) is 24.4. The van der Waals surface area contributed by atoms with E-state index in [0.29, 0.717) is 5.56 Å². The number of phenols is 1. The van der Waals surface area contributed by atoms with E-state index in [4.69, 9.17) is 8.37 Å². The predicted molar refractivity (Wildman–Crippen MR) is 154 cm³/mol. The van der Waals surface area contributed by atoms with E-state index in [0.717, 1.165) is 16.5 Å². The molecule has 4 aromatic rings. The summed E-state index contributed by atoms with van der Waals surface area (Å²) < 4.78 is 85.3. The lowest BCUT2D eigenvalue weighted by Gasteiger charge is -2.09. The van der Waals surface area contributed by atoms with E-state index in [-0.39, 0.29) is 32.6 Å². The van der Waals surface area contributed by atoms with Crippen LogP contribution in [0.4, 0.5) is 0 Å². The highest BCUT2D eigenvalue weighted by atomic mass is 32.2. The van der Waals surface area contributed by atoms with E-state index in [1.54, 1.807) is 24.3 Å². The fourth-order valence-electron chi connectivity index (χ4n) is 3.56. The highest BCUT2D eigenvalue weighted by Crippen LogP contribution is 2.30. The molecule has 0 fully saturated rings. The third kappa shape index (κ3) is 7.97. The van der Waals surface area contributed by atoms with Gasteiger partial charge in [-0.1, -0.05) is 53.6 Å². The topological polar surface area (TPSA) is 141 Å². The number of benzene rings is 4. The summed E-state index contributed by atoms with van der Waals surface area (Å²) >= 11 is 0. The summed E-state index contributed by atoms with van der Waals surface area (Å²) in [4.78, 5) is -0.0801. The minimum Gasteiger partial charge on any atom is -0.504 e. The Kier molecular flexibility index (Phi) is 8.57. The Bertz CT molecular complexity index is 1890. The Morgan fingerprint density at radius 1 is 0.659 bits per heavy atom. The van der Waals surface area contributed by atoms with Crippen LogP contribution in [0.2, 0.25) is 0 Å². The Hall–Kier alpha value is -4.13. The molecule has 0 bridgehead atoms. The second-order valence-corrected chi connectivity index (χ2v) is 14.2. The van der Waals surface area contributed by atoms with E-state index in [1.165, 1.54) is 72.8 Å². The molecule has 0 atom stereocenters. The summed E-state index contributed by atoms with van der Waals surface area (Å²) in [5.41, 5.74) is 2.45. The van der Waals surface area contributed by atoms with Gasteiger partial charge in [0.1, 0.15) is 15.5 Å². The number of aromatic hydroxyl groups is 1. The van der Waals surface area contributed by atoms with Gasteiger partial charge < -0.3 is 13.5 Å². The van der Waals surface area contributed by atoms with Crippen LogP contribution in [0.25, 0.3) is 6.08 Å². The molecule has 0 radical (unpaired) electrons. The van der Waals surface area contributed by atoms with Crippen LogP contribution in [0, 0.1) is 13.8 Å². The molecule has 214 valence electrons. The SMILES string of the molecule is Cc1ccc(S(=O)(=O)Oc2ccc(CS(=O)(=O)/C=C/c3ccc(OS(=O)(=O)c4ccc(C)cc4)c(O)c3)cc2)cc1. The summed E-state index contributed by atoms with van der Waals surface area (Å²) in [5, 5.41) is 11.2. The molecule has 4 aromatic carbocycles. The van der Waals surface area contributed by atoms with Crippen LogP contribution in [-0.4, -0.2) is 30.4 Å². The zero-order chi connectivity index (χ0) is 29.8. The van der Waals surface area contributed by atoms with Gasteiger partial charge in [-0.2, -0.15) is 16.8 Å². The lowest BCUT2D eigenvalue weighted by atomic mass is 10.2. The normalized spacial score (nSPS) is 12.3. The van der Waals surface area contributed by atoms with Gasteiger partial charge in [0.25, 0.3) is 0 Å². The average molecular weight is 615 g/mol. The van der Waals surface area contributed by atoms with Gasteiger partial charge in [-0.25, -0.2) is 8.42 Å². The third-order valence-electron chi connectivity index (χ3n) is 5.77. The monoisotopic (exact) mass is 614 g/mol. The molecule has 4 rings (SSSR count). The first-order chi connectivity index (χ1) is 19.2. The van der Waals surface area contributed by atoms with Gasteiger partial charge >= 0.3 is 20.2 Å². The Morgan fingerprint density at radius 3 is 1.68 bits per heavy atom. The standard InChI is InChI=1S/C29H26O9S3/c1-21-3-12-26(13-4-21)40(33,34)37-25-10-7-24(8-11-25)20-39(31,32)18-17-23-9-16-29(28(30)19-23)38-41(35,36)27-14-5-22(2)6-15-27/h3-19,30H,20H2,1-2H3/b18-17+. The van der Waals surface area contributed by atoms with Crippen molar-refractivity contribution in [3.8, 4) is 17.2 Å². The van der Waals surface area contributed by atoms with Crippen LogP contribution >= 0.6 is 0 Å². The quantitative estimate of drug-likeness (QED) is 0.241. The van der Waals surface area contributed by atoms with Crippen molar-refractivity contribution in [2.45, 2.75) is 29.4 Å². The average Bonchev–Trinajstić information content (AvgIpc) is 2.90. The lowest BCUT2D eigenvalue weighted by molar-refractivity contribution is 0.428. The maximum absolute atomic E-state index is 12.6. The van der Waals surface area contributed by atoms with E-state index in [2.05, 4.69) is 0 Å². The Morgan fingerprint density at radius 2 is 1.17 bits per heavy atom. The molecule has 0 saturated carbocycles. The van der Waals surface area contributed by atoms with Crippen LogP contribution in [0.15, 0.2) is 106 Å². The van der Waals surface area contributed by atoms with Gasteiger partial charge in [0.2, 0.25) is 0 Å². The van der Waals surface area contributed by atoms with Crippen molar-refractivity contribution in [3.63, 3.8) is 0 Å². The summed E-state index contributed by atoms with van der Waals surface area (Å²) in [6.45, 7) is 3.64. The van der Waals surface area contributed by atoms with Crippen molar-refractivity contribution >= 4 is 36.1 Å². The zero-order valence-electron chi connectivity index (χ0n) is 22.0. The first kappa shape index (κ1) is 29.8. The number of aryl methyl sites for hydroxylation is 2. The smallest absolute Gasteiger partial charge is 0.339 e. The molecule has 0 aliphatic rings. The molecular weight excluding hydrogens is 589 g/mol. The van der Waals surface area contributed by atoms with E-state index >= 15 is 0 Å². The number of rotatable bonds is 10. The Balaban J connectivity index is 1.40. The molecule has 1 N–H and O–H groups in total. The summed E-state index contributed by atoms with van der Waals surface area (Å²) in [6.07, 6.45) is 1.25. The molecule has 0 spiro atoms. The van der Waals surface area contributed by atoms with Gasteiger partial charge in [0, 0.05) is 5.41 Å².